The monoisotopic (exact) mass is 589 g/mol. The summed E-state index contributed by atoms with van der Waals surface area (Å²) in [4.78, 5) is 28.2. The quantitative estimate of drug-likeness (QED) is 0.133. The van der Waals surface area contributed by atoms with Crippen LogP contribution in [-0.2, 0) is 15.3 Å². The summed E-state index contributed by atoms with van der Waals surface area (Å²) in [5.74, 6) is -0.912. The van der Waals surface area contributed by atoms with Crippen molar-refractivity contribution in [3.63, 3.8) is 0 Å². The van der Waals surface area contributed by atoms with Crippen LogP contribution in [0, 0.1) is 5.82 Å². The van der Waals surface area contributed by atoms with Gasteiger partial charge < -0.3 is 14.6 Å². The minimum Gasteiger partial charge on any atom is -0.503 e. The molecule has 0 fully saturated rings. The number of anilines is 1. The zero-order chi connectivity index (χ0) is 28.9. The number of ether oxygens (including phenoxy) is 2. The Morgan fingerprint density at radius 2 is 1.78 bits per heavy atom. The Morgan fingerprint density at radius 1 is 1.05 bits per heavy atom. The minimum absolute atomic E-state index is 0.0925. The third-order valence-corrected chi connectivity index (χ3v) is 8.43. The normalized spacial score (nSPS) is 15.1. The van der Waals surface area contributed by atoms with Gasteiger partial charge in [0.25, 0.3) is 5.91 Å². The van der Waals surface area contributed by atoms with E-state index in [-0.39, 0.29) is 16.5 Å². The van der Waals surface area contributed by atoms with Crippen LogP contribution in [0.3, 0.4) is 0 Å². The Morgan fingerprint density at radius 3 is 2.49 bits per heavy atom. The highest BCUT2D eigenvalue weighted by Gasteiger charge is 2.45. The SMILES string of the molecule is COc1ccc(C2C(C(=O)C=Cc3ccccc3)=C(O)C(=O)N2c2nnc(SCc3ccc(F)cc3)s2)cc1OC. The molecular weight excluding hydrogens is 565 g/mol. The molecule has 0 bridgehead atoms. The second-order valence-electron chi connectivity index (χ2n) is 8.83. The van der Waals surface area contributed by atoms with Crippen molar-refractivity contribution in [1.29, 1.82) is 0 Å². The molecule has 1 aromatic heterocycles. The van der Waals surface area contributed by atoms with Crippen molar-refractivity contribution in [3.05, 3.63) is 113 Å². The molecule has 1 amide bonds. The lowest BCUT2D eigenvalue weighted by Crippen LogP contribution is -2.30. The lowest BCUT2D eigenvalue weighted by atomic mass is 9.95. The van der Waals surface area contributed by atoms with Gasteiger partial charge in [-0.05, 0) is 47.0 Å². The van der Waals surface area contributed by atoms with Crippen LogP contribution in [0.25, 0.3) is 6.08 Å². The Bertz CT molecular complexity index is 1640. The number of benzene rings is 3. The number of aliphatic hydroxyl groups is 1. The van der Waals surface area contributed by atoms with Crippen molar-refractivity contribution in [2.45, 2.75) is 16.1 Å². The average Bonchev–Trinajstić information content (AvgIpc) is 3.57. The fourth-order valence-electron chi connectivity index (χ4n) is 4.30. The van der Waals surface area contributed by atoms with E-state index in [9.17, 15) is 19.1 Å². The van der Waals surface area contributed by atoms with Gasteiger partial charge in [0.15, 0.2) is 27.4 Å². The van der Waals surface area contributed by atoms with Gasteiger partial charge in [0, 0.05) is 5.75 Å². The maximum absolute atomic E-state index is 13.5. The number of allylic oxidation sites excluding steroid dienone is 1. The Hall–Kier alpha value is -4.48. The van der Waals surface area contributed by atoms with E-state index < -0.39 is 23.5 Å². The van der Waals surface area contributed by atoms with Gasteiger partial charge in [-0.3, -0.25) is 14.5 Å². The number of ketones is 1. The summed E-state index contributed by atoms with van der Waals surface area (Å²) in [6.07, 6.45) is 2.95. The molecule has 0 saturated carbocycles. The van der Waals surface area contributed by atoms with Crippen molar-refractivity contribution < 1.29 is 28.6 Å². The molecule has 8 nitrogen and oxygen atoms in total. The van der Waals surface area contributed by atoms with Gasteiger partial charge in [0.2, 0.25) is 5.13 Å². The van der Waals surface area contributed by atoms with Gasteiger partial charge in [0.1, 0.15) is 5.82 Å². The van der Waals surface area contributed by atoms with Crippen molar-refractivity contribution in [3.8, 4) is 11.5 Å². The predicted octanol–water partition coefficient (Wildman–Crippen LogP) is 6.17. The number of amides is 1. The van der Waals surface area contributed by atoms with Crippen LogP contribution < -0.4 is 14.4 Å². The molecule has 1 N–H and O–H groups in total. The fraction of sp³-hybridized carbons (Fsp3) is 0.133. The highest BCUT2D eigenvalue weighted by molar-refractivity contribution is 8.00. The molecule has 2 heterocycles. The first-order valence-electron chi connectivity index (χ1n) is 12.4. The van der Waals surface area contributed by atoms with E-state index in [2.05, 4.69) is 10.2 Å². The van der Waals surface area contributed by atoms with Gasteiger partial charge in [0.05, 0.1) is 25.8 Å². The zero-order valence-electron chi connectivity index (χ0n) is 22.0. The second-order valence-corrected chi connectivity index (χ2v) is 11.0. The molecule has 0 spiro atoms. The summed E-state index contributed by atoms with van der Waals surface area (Å²) >= 11 is 2.52. The van der Waals surface area contributed by atoms with Crippen molar-refractivity contribution in [2.75, 3.05) is 19.1 Å². The molecule has 1 aliphatic rings. The standard InChI is InChI=1S/C30H24FN3O5S2/c1-38-23-15-11-20(16-24(23)39-2)26-25(22(35)14-10-18-6-4-3-5-7-18)27(36)28(37)34(26)29-32-33-30(41-29)40-17-19-8-12-21(31)13-9-19/h3-16,26,36H,17H2,1-2H3. The number of hydrogen-bond donors (Lipinski definition) is 1. The number of aromatic nitrogens is 2. The summed E-state index contributed by atoms with van der Waals surface area (Å²) < 4.78 is 24.6. The lowest BCUT2D eigenvalue weighted by Gasteiger charge is -2.24. The van der Waals surface area contributed by atoms with Gasteiger partial charge in [-0.25, -0.2) is 4.39 Å². The van der Waals surface area contributed by atoms with Crippen LogP contribution in [0.2, 0.25) is 0 Å². The third-order valence-electron chi connectivity index (χ3n) is 6.30. The third kappa shape index (κ3) is 6.01. The van der Waals surface area contributed by atoms with E-state index in [1.54, 1.807) is 36.4 Å². The molecule has 5 rings (SSSR count). The summed E-state index contributed by atoms with van der Waals surface area (Å²) in [5, 5.41) is 19.6. The molecule has 3 aromatic carbocycles. The minimum atomic E-state index is -1.00. The molecule has 4 aromatic rings. The van der Waals surface area contributed by atoms with Crippen molar-refractivity contribution in [1.82, 2.24) is 10.2 Å². The maximum Gasteiger partial charge on any atom is 0.296 e. The molecule has 0 radical (unpaired) electrons. The zero-order valence-corrected chi connectivity index (χ0v) is 23.6. The van der Waals surface area contributed by atoms with Crippen LogP contribution in [-0.4, -0.2) is 41.2 Å². The van der Waals surface area contributed by atoms with E-state index in [0.717, 1.165) is 22.5 Å². The first-order chi connectivity index (χ1) is 19.9. The number of halogens is 1. The second kappa shape index (κ2) is 12.4. The van der Waals surface area contributed by atoms with Gasteiger partial charge in [-0.2, -0.15) is 0 Å². The summed E-state index contributed by atoms with van der Waals surface area (Å²) in [7, 11) is 2.99. The number of rotatable bonds is 10. The number of thioether (sulfide) groups is 1. The molecule has 1 unspecified atom stereocenters. The van der Waals surface area contributed by atoms with Crippen LogP contribution in [0.5, 0.6) is 11.5 Å². The largest absolute Gasteiger partial charge is 0.503 e. The highest BCUT2D eigenvalue weighted by Crippen LogP contribution is 2.45. The molecule has 0 aliphatic carbocycles. The first kappa shape index (κ1) is 28.1. The topological polar surface area (TPSA) is 102 Å². The smallest absolute Gasteiger partial charge is 0.296 e. The van der Waals surface area contributed by atoms with Crippen LogP contribution >= 0.6 is 23.1 Å². The summed E-state index contributed by atoms with van der Waals surface area (Å²) in [6.45, 7) is 0. The van der Waals surface area contributed by atoms with Gasteiger partial charge >= 0.3 is 0 Å². The van der Waals surface area contributed by atoms with E-state index in [1.807, 2.05) is 30.3 Å². The van der Waals surface area contributed by atoms with Crippen molar-refractivity contribution in [2.24, 2.45) is 0 Å². The fourth-order valence-corrected chi connectivity index (χ4v) is 6.13. The maximum atomic E-state index is 13.5. The number of methoxy groups -OCH3 is 2. The molecule has 1 aliphatic heterocycles. The highest BCUT2D eigenvalue weighted by atomic mass is 32.2. The molecule has 0 saturated heterocycles. The number of carbonyl (C=O) groups is 2. The van der Waals surface area contributed by atoms with E-state index in [4.69, 9.17) is 9.47 Å². The summed E-state index contributed by atoms with van der Waals surface area (Å²) in [5.41, 5.74) is 2.10. The Kier molecular flexibility index (Phi) is 8.46. The predicted molar refractivity (Wildman–Crippen MR) is 156 cm³/mol. The molecular formula is C30H24FN3O5S2. The van der Waals surface area contributed by atoms with Crippen LogP contribution in [0.4, 0.5) is 9.52 Å². The van der Waals surface area contributed by atoms with Crippen LogP contribution in [0.15, 0.2) is 94.5 Å². The van der Waals surface area contributed by atoms with Gasteiger partial charge in [-0.15, -0.1) is 10.2 Å². The molecule has 1 atom stereocenters. The van der Waals surface area contributed by atoms with E-state index in [1.165, 1.54) is 49.1 Å². The number of nitrogens with zero attached hydrogens (tertiary/aromatic N) is 3. The van der Waals surface area contributed by atoms with E-state index in [0.29, 0.717) is 27.2 Å². The number of hydrogen-bond acceptors (Lipinski definition) is 9. The molecule has 11 heteroatoms. The Balaban J connectivity index is 1.50. The molecule has 41 heavy (non-hydrogen) atoms. The first-order valence-corrected chi connectivity index (χ1v) is 14.2. The summed E-state index contributed by atoms with van der Waals surface area (Å²) in [6, 6.07) is 19.4. The average molecular weight is 590 g/mol. The van der Waals surface area contributed by atoms with Crippen molar-refractivity contribution >= 4 is 46.0 Å². The van der Waals surface area contributed by atoms with E-state index >= 15 is 0 Å². The number of carbonyl (C=O) groups excluding carboxylic acids is 2. The lowest BCUT2D eigenvalue weighted by molar-refractivity contribution is -0.117. The number of aliphatic hydroxyl groups excluding tert-OH is 1. The van der Waals surface area contributed by atoms with Gasteiger partial charge in [-0.1, -0.05) is 77.7 Å². The molecule has 208 valence electrons. The van der Waals surface area contributed by atoms with Crippen LogP contribution in [0.1, 0.15) is 22.7 Å². The Labute approximate surface area is 243 Å².